The fourth-order valence-electron chi connectivity index (χ4n) is 1.80. The average molecular weight is 312 g/mol. The summed E-state index contributed by atoms with van der Waals surface area (Å²) in [6.07, 6.45) is 1.38. The molecule has 0 aliphatic heterocycles. The van der Waals surface area contributed by atoms with E-state index in [4.69, 9.17) is 5.26 Å². The summed E-state index contributed by atoms with van der Waals surface area (Å²) < 4.78 is 0. The molecule has 0 spiro atoms. The summed E-state index contributed by atoms with van der Waals surface area (Å²) in [6.45, 7) is 3.75. The van der Waals surface area contributed by atoms with Crippen LogP contribution in [0, 0.1) is 18.3 Å². The Balaban J connectivity index is 2.01. The molecule has 1 aromatic carbocycles. The van der Waals surface area contributed by atoms with Gasteiger partial charge in [0.05, 0.1) is 11.7 Å². The van der Waals surface area contributed by atoms with Gasteiger partial charge in [-0.05, 0) is 19.4 Å². The van der Waals surface area contributed by atoms with E-state index in [-0.39, 0.29) is 11.6 Å². The minimum Gasteiger partial charge on any atom is -0.345 e. The van der Waals surface area contributed by atoms with Gasteiger partial charge in [0.1, 0.15) is 11.6 Å². The smallest absolute Gasteiger partial charge is 0.263 e. The maximum Gasteiger partial charge on any atom is 0.263 e. The number of rotatable bonds is 5. The van der Waals surface area contributed by atoms with Crippen molar-refractivity contribution in [3.8, 4) is 6.07 Å². The Hall–Kier alpha value is -2.65. The summed E-state index contributed by atoms with van der Waals surface area (Å²) in [6, 6.07) is 11.3. The summed E-state index contributed by atoms with van der Waals surface area (Å²) in [4.78, 5) is 16.3. The Bertz CT molecular complexity index is 715. The number of nitrogens with zero attached hydrogens (tertiary/aromatic N) is 2. The van der Waals surface area contributed by atoms with Crippen LogP contribution in [0.1, 0.15) is 24.2 Å². The Kier molecular flexibility index (Phi) is 5.28. The molecule has 5 nitrogen and oxygen atoms in total. The number of anilines is 1. The highest BCUT2D eigenvalue weighted by Crippen LogP contribution is 2.15. The van der Waals surface area contributed by atoms with Gasteiger partial charge in [-0.1, -0.05) is 30.3 Å². The fraction of sp³-hybridized carbons (Fsp3) is 0.188. The molecule has 22 heavy (non-hydrogen) atoms. The summed E-state index contributed by atoms with van der Waals surface area (Å²) in [5.41, 5.74) is 1.88. The molecule has 0 aliphatic rings. The van der Waals surface area contributed by atoms with Gasteiger partial charge in [0.15, 0.2) is 5.13 Å². The number of nitriles is 1. The lowest BCUT2D eigenvalue weighted by Crippen LogP contribution is -2.28. The van der Waals surface area contributed by atoms with Crippen molar-refractivity contribution >= 4 is 22.4 Å². The topological polar surface area (TPSA) is 77.8 Å². The van der Waals surface area contributed by atoms with Crippen molar-refractivity contribution in [2.75, 3.05) is 5.32 Å². The highest BCUT2D eigenvalue weighted by Gasteiger charge is 2.13. The van der Waals surface area contributed by atoms with E-state index >= 15 is 0 Å². The van der Waals surface area contributed by atoms with Crippen LogP contribution in [-0.2, 0) is 4.79 Å². The number of aromatic nitrogens is 1. The molecule has 1 atom stereocenters. The van der Waals surface area contributed by atoms with E-state index in [2.05, 4.69) is 15.6 Å². The molecular weight excluding hydrogens is 296 g/mol. The molecule has 112 valence electrons. The van der Waals surface area contributed by atoms with Crippen molar-refractivity contribution in [1.82, 2.24) is 10.3 Å². The quantitative estimate of drug-likeness (QED) is 0.657. The molecule has 1 amide bonds. The molecule has 2 rings (SSSR count). The number of hydrogen-bond acceptors (Lipinski definition) is 5. The highest BCUT2D eigenvalue weighted by atomic mass is 32.1. The maximum absolute atomic E-state index is 12.1. The third kappa shape index (κ3) is 4.17. The van der Waals surface area contributed by atoms with E-state index in [1.54, 1.807) is 0 Å². The largest absolute Gasteiger partial charge is 0.345 e. The molecule has 2 aromatic rings. The lowest BCUT2D eigenvalue weighted by molar-refractivity contribution is -0.117. The van der Waals surface area contributed by atoms with Gasteiger partial charge >= 0.3 is 0 Å². The van der Waals surface area contributed by atoms with E-state index in [1.165, 1.54) is 17.5 Å². The van der Waals surface area contributed by atoms with E-state index < -0.39 is 5.91 Å². The van der Waals surface area contributed by atoms with Crippen molar-refractivity contribution in [1.29, 1.82) is 5.26 Å². The molecule has 0 radical (unpaired) electrons. The number of carbonyl (C=O) groups is 1. The maximum atomic E-state index is 12.1. The van der Waals surface area contributed by atoms with Crippen molar-refractivity contribution in [2.24, 2.45) is 0 Å². The monoisotopic (exact) mass is 312 g/mol. The fourth-order valence-corrected chi connectivity index (χ4v) is 2.46. The van der Waals surface area contributed by atoms with Gasteiger partial charge in [0.2, 0.25) is 0 Å². The second kappa shape index (κ2) is 7.38. The summed E-state index contributed by atoms with van der Waals surface area (Å²) in [5.74, 6) is -0.417. The number of hydrogen-bond donors (Lipinski definition) is 2. The second-order valence-electron chi connectivity index (χ2n) is 4.71. The number of nitrogens with one attached hydrogen (secondary N) is 2. The van der Waals surface area contributed by atoms with Crippen LogP contribution in [0.2, 0.25) is 0 Å². The van der Waals surface area contributed by atoms with Crippen LogP contribution in [-0.4, -0.2) is 10.9 Å². The first-order valence-corrected chi connectivity index (χ1v) is 7.63. The number of thiazole rings is 1. The Morgan fingerprint density at radius 2 is 2.14 bits per heavy atom. The van der Waals surface area contributed by atoms with Gasteiger partial charge in [-0.3, -0.25) is 4.79 Å². The second-order valence-corrected chi connectivity index (χ2v) is 5.57. The van der Waals surface area contributed by atoms with Crippen LogP contribution in [0.25, 0.3) is 0 Å². The third-order valence-corrected chi connectivity index (χ3v) is 3.86. The van der Waals surface area contributed by atoms with Crippen molar-refractivity contribution in [3.05, 3.63) is 58.7 Å². The molecule has 1 heterocycles. The van der Waals surface area contributed by atoms with Gasteiger partial charge in [0.25, 0.3) is 5.91 Å². The normalized spacial score (nSPS) is 12.3. The number of aryl methyl sites for hydroxylation is 1. The zero-order chi connectivity index (χ0) is 15.9. The molecule has 2 N–H and O–H groups in total. The van der Waals surface area contributed by atoms with Gasteiger partial charge < -0.3 is 10.6 Å². The van der Waals surface area contributed by atoms with E-state index in [0.29, 0.717) is 5.13 Å². The Morgan fingerprint density at radius 1 is 1.41 bits per heavy atom. The zero-order valence-corrected chi connectivity index (χ0v) is 13.1. The van der Waals surface area contributed by atoms with Crippen LogP contribution in [0.5, 0.6) is 0 Å². The average Bonchev–Trinajstić information content (AvgIpc) is 2.94. The van der Waals surface area contributed by atoms with Crippen molar-refractivity contribution in [3.63, 3.8) is 0 Å². The van der Waals surface area contributed by atoms with Gasteiger partial charge in [0, 0.05) is 11.6 Å². The molecule has 1 unspecified atom stereocenters. The van der Waals surface area contributed by atoms with E-state index in [9.17, 15) is 4.79 Å². The SMILES string of the molecule is Cc1csc(N/C=C(/C#N)C(=O)NC(C)c2ccccc2)n1. The lowest BCUT2D eigenvalue weighted by atomic mass is 10.1. The van der Waals surface area contributed by atoms with Crippen LogP contribution in [0.15, 0.2) is 47.5 Å². The number of amides is 1. The molecular formula is C16H16N4OS. The summed E-state index contributed by atoms with van der Waals surface area (Å²) >= 11 is 1.42. The highest BCUT2D eigenvalue weighted by molar-refractivity contribution is 7.13. The lowest BCUT2D eigenvalue weighted by Gasteiger charge is -2.13. The van der Waals surface area contributed by atoms with E-state index in [0.717, 1.165) is 11.3 Å². The molecule has 6 heteroatoms. The Labute approximate surface area is 133 Å². The zero-order valence-electron chi connectivity index (χ0n) is 12.3. The van der Waals surface area contributed by atoms with Gasteiger partial charge in [-0.25, -0.2) is 4.98 Å². The first-order valence-electron chi connectivity index (χ1n) is 6.75. The first kappa shape index (κ1) is 15.7. The molecule has 0 bridgehead atoms. The summed E-state index contributed by atoms with van der Waals surface area (Å²) in [7, 11) is 0. The number of carbonyl (C=O) groups excluding carboxylic acids is 1. The van der Waals surface area contributed by atoms with Crippen LogP contribution in [0.3, 0.4) is 0 Å². The van der Waals surface area contributed by atoms with E-state index in [1.807, 2.05) is 55.6 Å². The van der Waals surface area contributed by atoms with Crippen molar-refractivity contribution in [2.45, 2.75) is 19.9 Å². The minimum atomic E-state index is -0.417. The first-order chi connectivity index (χ1) is 10.6. The van der Waals surface area contributed by atoms with Gasteiger partial charge in [-0.15, -0.1) is 11.3 Å². The predicted molar refractivity (Wildman–Crippen MR) is 87.2 cm³/mol. The van der Waals surface area contributed by atoms with Crippen molar-refractivity contribution < 1.29 is 4.79 Å². The molecule has 0 fully saturated rings. The van der Waals surface area contributed by atoms with Crippen LogP contribution < -0.4 is 10.6 Å². The van der Waals surface area contributed by atoms with Crippen LogP contribution >= 0.6 is 11.3 Å². The Morgan fingerprint density at radius 3 is 2.73 bits per heavy atom. The molecule has 0 saturated carbocycles. The third-order valence-electron chi connectivity index (χ3n) is 2.97. The molecule has 0 saturated heterocycles. The number of benzene rings is 1. The summed E-state index contributed by atoms with van der Waals surface area (Å²) in [5, 5.41) is 17.3. The predicted octanol–water partition coefficient (Wildman–Crippen LogP) is 3.15. The standard InChI is InChI=1S/C16H16N4OS/c1-11-10-22-16(19-11)18-9-14(8-17)15(21)20-12(2)13-6-4-3-5-7-13/h3-7,9-10,12H,1-2H3,(H,18,19)(H,20,21)/b14-9-. The molecule has 1 aromatic heterocycles. The molecule has 0 aliphatic carbocycles. The minimum absolute atomic E-state index is 0.00985. The van der Waals surface area contributed by atoms with Crippen LogP contribution in [0.4, 0.5) is 5.13 Å². The van der Waals surface area contributed by atoms with Gasteiger partial charge in [-0.2, -0.15) is 5.26 Å².